The van der Waals surface area contributed by atoms with Crippen molar-refractivity contribution in [1.82, 2.24) is 0 Å². The quantitative estimate of drug-likeness (QED) is 0.604. The molecule has 9 heavy (non-hydrogen) atoms. The van der Waals surface area contributed by atoms with Crippen molar-refractivity contribution in [3.8, 4) is 0 Å². The summed E-state index contributed by atoms with van der Waals surface area (Å²) >= 11 is 1.75. The van der Waals surface area contributed by atoms with Gasteiger partial charge in [0, 0.05) is 5.25 Å². The average Bonchev–Trinajstić information content (AvgIpc) is 2.13. The van der Waals surface area contributed by atoms with Crippen LogP contribution in [0.3, 0.4) is 0 Å². The fourth-order valence-electron chi connectivity index (χ4n) is 1.06. The van der Waals surface area contributed by atoms with Gasteiger partial charge >= 0.3 is 5.97 Å². The molecule has 3 heteroatoms. The van der Waals surface area contributed by atoms with Crippen molar-refractivity contribution in [3.63, 3.8) is 0 Å². The first-order valence-corrected chi connectivity index (χ1v) is 4.11. The lowest BCUT2D eigenvalue weighted by Gasteiger charge is -2.06. The van der Waals surface area contributed by atoms with Gasteiger partial charge in [-0.25, -0.2) is 0 Å². The molecule has 0 spiro atoms. The summed E-state index contributed by atoms with van der Waals surface area (Å²) in [5, 5.41) is 8.89. The number of hydrogen-bond acceptors (Lipinski definition) is 2. The summed E-state index contributed by atoms with van der Waals surface area (Å²) in [5.41, 5.74) is 0. The number of carbonyl (C=O) groups is 1. The Kier molecular flexibility index (Phi) is 2.01. The van der Waals surface area contributed by atoms with Gasteiger partial charge in [-0.15, -0.1) is 0 Å². The Balaban J connectivity index is 2.49. The fourth-order valence-corrected chi connectivity index (χ4v) is 2.30. The standard InChI is InChI=1S/C6H10O2S/c1-4-5(6(7)8)2-3-9-4/h4-5H,2-3H2,1H3,(H,7,8). The average molecular weight is 146 g/mol. The van der Waals surface area contributed by atoms with Crippen molar-refractivity contribution < 1.29 is 9.90 Å². The van der Waals surface area contributed by atoms with Crippen LogP contribution >= 0.6 is 11.8 Å². The van der Waals surface area contributed by atoms with E-state index in [9.17, 15) is 4.79 Å². The number of hydrogen-bond donors (Lipinski definition) is 1. The maximum atomic E-state index is 10.4. The minimum atomic E-state index is -0.632. The van der Waals surface area contributed by atoms with Gasteiger partial charge in [-0.2, -0.15) is 11.8 Å². The largest absolute Gasteiger partial charge is 0.481 e. The molecule has 2 atom stereocenters. The molecule has 0 amide bonds. The van der Waals surface area contributed by atoms with Crippen molar-refractivity contribution in [2.45, 2.75) is 18.6 Å². The van der Waals surface area contributed by atoms with E-state index in [1.165, 1.54) is 0 Å². The summed E-state index contributed by atoms with van der Waals surface area (Å²) in [6.07, 6.45) is 0.848. The van der Waals surface area contributed by atoms with E-state index in [-0.39, 0.29) is 5.92 Å². The number of carboxylic acids is 1. The molecule has 1 saturated heterocycles. The first-order valence-electron chi connectivity index (χ1n) is 3.06. The molecule has 1 rings (SSSR count). The molecule has 0 radical (unpaired) electrons. The topological polar surface area (TPSA) is 37.3 Å². The maximum Gasteiger partial charge on any atom is 0.307 e. The second kappa shape index (κ2) is 2.60. The van der Waals surface area contributed by atoms with E-state index in [0.717, 1.165) is 12.2 Å². The first-order chi connectivity index (χ1) is 4.22. The third-order valence-electron chi connectivity index (χ3n) is 1.69. The van der Waals surface area contributed by atoms with Gasteiger partial charge in [0.25, 0.3) is 0 Å². The molecule has 2 nitrogen and oxygen atoms in total. The van der Waals surface area contributed by atoms with Crippen LogP contribution in [0, 0.1) is 5.92 Å². The van der Waals surface area contributed by atoms with E-state index in [0.29, 0.717) is 5.25 Å². The van der Waals surface area contributed by atoms with Gasteiger partial charge in [0.1, 0.15) is 0 Å². The van der Waals surface area contributed by atoms with E-state index < -0.39 is 5.97 Å². The number of aliphatic carboxylic acids is 1. The first kappa shape index (κ1) is 6.93. The predicted molar refractivity (Wildman–Crippen MR) is 37.7 cm³/mol. The molecule has 0 aliphatic carbocycles. The van der Waals surface area contributed by atoms with Crippen LogP contribution in [0.25, 0.3) is 0 Å². The van der Waals surface area contributed by atoms with Gasteiger partial charge in [-0.05, 0) is 12.2 Å². The third kappa shape index (κ3) is 1.39. The van der Waals surface area contributed by atoms with Crippen LogP contribution in [0.15, 0.2) is 0 Å². The zero-order valence-corrected chi connectivity index (χ0v) is 6.15. The van der Waals surface area contributed by atoms with Crippen LogP contribution in [0.1, 0.15) is 13.3 Å². The Hall–Kier alpha value is -0.180. The van der Waals surface area contributed by atoms with Crippen LogP contribution in [-0.2, 0) is 4.79 Å². The van der Waals surface area contributed by atoms with Crippen molar-refractivity contribution in [3.05, 3.63) is 0 Å². The fraction of sp³-hybridized carbons (Fsp3) is 0.833. The molecular formula is C6H10O2S. The van der Waals surface area contributed by atoms with Gasteiger partial charge in [-0.3, -0.25) is 4.79 Å². The molecule has 0 bridgehead atoms. The Bertz CT molecular complexity index is 124. The number of thioether (sulfide) groups is 1. The van der Waals surface area contributed by atoms with Crippen LogP contribution in [0.5, 0.6) is 0 Å². The summed E-state index contributed by atoms with van der Waals surface area (Å²) in [7, 11) is 0. The summed E-state index contributed by atoms with van der Waals surface area (Å²) in [6.45, 7) is 1.98. The minimum Gasteiger partial charge on any atom is -0.481 e. The van der Waals surface area contributed by atoms with Crippen molar-refractivity contribution in [2.24, 2.45) is 5.92 Å². The lowest BCUT2D eigenvalue weighted by molar-refractivity contribution is -0.141. The normalized spacial score (nSPS) is 34.8. The van der Waals surface area contributed by atoms with Gasteiger partial charge < -0.3 is 5.11 Å². The number of rotatable bonds is 1. The van der Waals surface area contributed by atoms with E-state index in [1.807, 2.05) is 6.92 Å². The molecule has 1 N–H and O–H groups in total. The second-order valence-corrected chi connectivity index (χ2v) is 3.79. The van der Waals surface area contributed by atoms with Crippen molar-refractivity contribution in [1.29, 1.82) is 0 Å². The maximum absolute atomic E-state index is 10.4. The van der Waals surface area contributed by atoms with Crippen LogP contribution in [0.2, 0.25) is 0 Å². The smallest absolute Gasteiger partial charge is 0.307 e. The van der Waals surface area contributed by atoms with Gasteiger partial charge in [0.2, 0.25) is 0 Å². The minimum absolute atomic E-state index is 0.0880. The van der Waals surface area contributed by atoms with Crippen molar-refractivity contribution >= 4 is 17.7 Å². The van der Waals surface area contributed by atoms with Gasteiger partial charge in [-0.1, -0.05) is 6.92 Å². The van der Waals surface area contributed by atoms with Gasteiger partial charge in [0.05, 0.1) is 5.92 Å². The molecule has 1 aliphatic rings. The Morgan fingerprint density at radius 3 is 2.67 bits per heavy atom. The Morgan fingerprint density at radius 2 is 2.44 bits per heavy atom. The van der Waals surface area contributed by atoms with E-state index in [4.69, 9.17) is 5.11 Å². The highest BCUT2D eigenvalue weighted by atomic mass is 32.2. The predicted octanol–water partition coefficient (Wildman–Crippen LogP) is 1.21. The number of carboxylic acid groups (broad SMARTS) is 1. The Labute approximate surface area is 58.6 Å². The Morgan fingerprint density at radius 1 is 1.78 bits per heavy atom. The monoisotopic (exact) mass is 146 g/mol. The van der Waals surface area contributed by atoms with Gasteiger partial charge in [0.15, 0.2) is 0 Å². The summed E-state index contributed by atoms with van der Waals surface area (Å²) in [4.78, 5) is 10.4. The third-order valence-corrected chi connectivity index (χ3v) is 3.02. The molecule has 0 saturated carbocycles. The van der Waals surface area contributed by atoms with Crippen LogP contribution in [-0.4, -0.2) is 22.1 Å². The zero-order valence-electron chi connectivity index (χ0n) is 5.33. The van der Waals surface area contributed by atoms with Crippen molar-refractivity contribution in [2.75, 3.05) is 5.75 Å². The SMILES string of the molecule is CC1SCCC1C(=O)O. The van der Waals surface area contributed by atoms with Crippen LogP contribution in [0.4, 0.5) is 0 Å². The highest BCUT2D eigenvalue weighted by molar-refractivity contribution is 8.00. The molecular weight excluding hydrogens is 136 g/mol. The summed E-state index contributed by atoms with van der Waals surface area (Å²) in [5.74, 6) is 0.292. The molecule has 52 valence electrons. The molecule has 0 aromatic carbocycles. The zero-order chi connectivity index (χ0) is 6.85. The lowest BCUT2D eigenvalue weighted by atomic mass is 10.0. The summed E-state index contributed by atoms with van der Waals surface area (Å²) < 4.78 is 0. The molecule has 1 aliphatic heterocycles. The van der Waals surface area contributed by atoms with E-state index in [2.05, 4.69) is 0 Å². The highest BCUT2D eigenvalue weighted by Gasteiger charge is 2.29. The molecule has 0 aromatic heterocycles. The second-order valence-electron chi connectivity index (χ2n) is 2.31. The molecule has 0 aromatic rings. The molecule has 2 unspecified atom stereocenters. The molecule has 1 heterocycles. The van der Waals surface area contributed by atoms with E-state index >= 15 is 0 Å². The molecule has 1 fully saturated rings. The highest BCUT2D eigenvalue weighted by Crippen LogP contribution is 2.31. The summed E-state index contributed by atoms with van der Waals surface area (Å²) in [6, 6.07) is 0. The van der Waals surface area contributed by atoms with Crippen LogP contribution < -0.4 is 0 Å². The lowest BCUT2D eigenvalue weighted by Crippen LogP contribution is -2.18. The van der Waals surface area contributed by atoms with E-state index in [1.54, 1.807) is 11.8 Å².